The van der Waals surface area contributed by atoms with Crippen LogP contribution in [-0.2, 0) is 19.5 Å². The summed E-state index contributed by atoms with van der Waals surface area (Å²) >= 11 is 0. The summed E-state index contributed by atoms with van der Waals surface area (Å²) in [6.45, 7) is 8.41. The molecule has 9 nitrogen and oxygen atoms in total. The van der Waals surface area contributed by atoms with Crippen LogP contribution in [0.1, 0.15) is 35.6 Å². The van der Waals surface area contributed by atoms with Gasteiger partial charge in [-0.25, -0.2) is 9.78 Å². The summed E-state index contributed by atoms with van der Waals surface area (Å²) in [6, 6.07) is 9.45. The number of aryl methyl sites for hydroxylation is 1. The molecule has 0 spiro atoms. The molecular weight excluding hydrogens is 420 g/mol. The van der Waals surface area contributed by atoms with Crippen LogP contribution in [0, 0.1) is 0 Å². The Bertz CT molecular complexity index is 1290. The third kappa shape index (κ3) is 4.54. The third-order valence-electron chi connectivity index (χ3n) is 6.23. The van der Waals surface area contributed by atoms with Crippen LogP contribution in [0.2, 0.25) is 0 Å². The van der Waals surface area contributed by atoms with Crippen LogP contribution in [0.3, 0.4) is 0 Å². The minimum Gasteiger partial charge on any atom is -0.367 e. The number of nitrogens with zero attached hydrogens (tertiary/aromatic N) is 4. The molecular formula is C24H30N6O3. The lowest BCUT2D eigenvalue weighted by molar-refractivity contribution is 0.0958. The number of hydrogen-bond donors (Lipinski definition) is 2. The van der Waals surface area contributed by atoms with E-state index in [1.54, 1.807) is 26.1 Å². The summed E-state index contributed by atoms with van der Waals surface area (Å²) in [5.74, 6) is -0.175. The van der Waals surface area contributed by atoms with Crippen LogP contribution in [-0.4, -0.2) is 58.6 Å². The molecule has 1 fully saturated rings. The molecule has 1 amide bonds. The molecule has 0 aliphatic carbocycles. The number of hydrogen-bond acceptors (Lipinski definition) is 6. The van der Waals surface area contributed by atoms with Gasteiger partial charge in [-0.2, -0.15) is 0 Å². The van der Waals surface area contributed by atoms with E-state index >= 15 is 0 Å². The van der Waals surface area contributed by atoms with Crippen molar-refractivity contribution in [3.05, 3.63) is 68.1 Å². The molecule has 3 aromatic rings. The molecule has 0 radical (unpaired) electrons. The zero-order valence-electron chi connectivity index (χ0n) is 19.4. The van der Waals surface area contributed by atoms with Gasteiger partial charge in [0.05, 0.1) is 22.3 Å². The number of piperazine rings is 1. The van der Waals surface area contributed by atoms with Crippen LogP contribution >= 0.6 is 0 Å². The fraction of sp³-hybridized carbons (Fsp3) is 0.417. The van der Waals surface area contributed by atoms with Gasteiger partial charge in [0.2, 0.25) is 0 Å². The average molecular weight is 451 g/mol. The van der Waals surface area contributed by atoms with E-state index in [0.717, 1.165) is 56.1 Å². The predicted octanol–water partition coefficient (Wildman–Crippen LogP) is 1.35. The molecule has 1 aliphatic heterocycles. The summed E-state index contributed by atoms with van der Waals surface area (Å²) in [5, 5.41) is 3.16. The summed E-state index contributed by atoms with van der Waals surface area (Å²) < 4.78 is 1.21. The maximum absolute atomic E-state index is 12.5. The zero-order valence-corrected chi connectivity index (χ0v) is 19.4. The van der Waals surface area contributed by atoms with Gasteiger partial charge in [-0.3, -0.25) is 19.1 Å². The normalized spacial score (nSPS) is 14.6. The number of carbonyl (C=O) groups excluding carboxylic acids is 1. The van der Waals surface area contributed by atoms with Crippen molar-refractivity contribution in [2.24, 2.45) is 0 Å². The molecule has 0 saturated carbocycles. The number of pyridine rings is 1. The number of rotatable bonds is 6. The Hall–Kier alpha value is -3.46. The summed E-state index contributed by atoms with van der Waals surface area (Å²) in [4.78, 5) is 48.6. The molecule has 9 heteroatoms. The lowest BCUT2D eigenvalue weighted by atomic mass is 10.1. The van der Waals surface area contributed by atoms with Crippen LogP contribution in [0.15, 0.2) is 39.9 Å². The van der Waals surface area contributed by atoms with Gasteiger partial charge >= 0.3 is 5.69 Å². The molecule has 2 aromatic heterocycles. The zero-order chi connectivity index (χ0) is 23.5. The van der Waals surface area contributed by atoms with E-state index in [9.17, 15) is 14.4 Å². The lowest BCUT2D eigenvalue weighted by Crippen LogP contribution is -2.46. The fourth-order valence-corrected chi connectivity index (χ4v) is 4.39. The Morgan fingerprint density at radius 1 is 1.09 bits per heavy atom. The number of carbonyl (C=O) groups is 1. The molecule has 3 heterocycles. The first-order chi connectivity index (χ1) is 15.9. The molecule has 0 atom stereocenters. The monoisotopic (exact) mass is 450 g/mol. The largest absolute Gasteiger partial charge is 0.367 e. The maximum atomic E-state index is 12.5. The second-order valence-electron chi connectivity index (χ2n) is 8.22. The highest BCUT2D eigenvalue weighted by Gasteiger charge is 2.21. The molecule has 0 bridgehead atoms. The topological polar surface area (TPSA) is 103 Å². The van der Waals surface area contributed by atoms with Gasteiger partial charge in [-0.1, -0.05) is 13.0 Å². The van der Waals surface area contributed by atoms with E-state index in [4.69, 9.17) is 0 Å². The SMILES string of the molecule is CCc1nc(C(=O)NC)ccc1N1CCN(Cc2ccc3c(=O)n(CC)c(=O)[nH]c3c2)CC1. The van der Waals surface area contributed by atoms with Crippen LogP contribution < -0.4 is 21.5 Å². The number of H-pyrrole nitrogens is 1. The highest BCUT2D eigenvalue weighted by molar-refractivity contribution is 5.92. The average Bonchev–Trinajstić information content (AvgIpc) is 2.83. The van der Waals surface area contributed by atoms with E-state index in [2.05, 4.69) is 32.0 Å². The van der Waals surface area contributed by atoms with Crippen molar-refractivity contribution in [2.75, 3.05) is 38.1 Å². The number of anilines is 1. The minimum atomic E-state index is -0.372. The van der Waals surface area contributed by atoms with Gasteiger partial charge in [0.15, 0.2) is 0 Å². The lowest BCUT2D eigenvalue weighted by Gasteiger charge is -2.36. The number of fused-ring (bicyclic) bond motifs is 1. The van der Waals surface area contributed by atoms with E-state index in [0.29, 0.717) is 23.1 Å². The van der Waals surface area contributed by atoms with Crippen molar-refractivity contribution in [1.29, 1.82) is 0 Å². The molecule has 1 aliphatic rings. The second kappa shape index (κ2) is 9.58. The van der Waals surface area contributed by atoms with Gasteiger partial charge in [0.1, 0.15) is 5.69 Å². The van der Waals surface area contributed by atoms with Crippen molar-refractivity contribution < 1.29 is 4.79 Å². The number of aromatic amines is 1. The summed E-state index contributed by atoms with van der Waals surface area (Å²) in [7, 11) is 1.61. The Labute approximate surface area is 192 Å². The van der Waals surface area contributed by atoms with Crippen molar-refractivity contribution >= 4 is 22.5 Å². The maximum Gasteiger partial charge on any atom is 0.328 e. The Morgan fingerprint density at radius 3 is 2.52 bits per heavy atom. The first kappa shape index (κ1) is 22.7. The van der Waals surface area contributed by atoms with Crippen molar-refractivity contribution in [3.63, 3.8) is 0 Å². The smallest absolute Gasteiger partial charge is 0.328 e. The van der Waals surface area contributed by atoms with Crippen LogP contribution in [0.4, 0.5) is 5.69 Å². The highest BCUT2D eigenvalue weighted by atomic mass is 16.2. The second-order valence-corrected chi connectivity index (χ2v) is 8.22. The number of nitrogens with one attached hydrogen (secondary N) is 2. The van der Waals surface area contributed by atoms with Gasteiger partial charge in [0, 0.05) is 46.3 Å². The quantitative estimate of drug-likeness (QED) is 0.588. The van der Waals surface area contributed by atoms with E-state index in [1.165, 1.54) is 4.57 Å². The highest BCUT2D eigenvalue weighted by Crippen LogP contribution is 2.22. The van der Waals surface area contributed by atoms with Crippen molar-refractivity contribution in [3.8, 4) is 0 Å². The number of aromatic nitrogens is 3. The molecule has 33 heavy (non-hydrogen) atoms. The first-order valence-electron chi connectivity index (χ1n) is 11.4. The molecule has 2 N–H and O–H groups in total. The van der Waals surface area contributed by atoms with Crippen LogP contribution in [0.5, 0.6) is 0 Å². The first-order valence-corrected chi connectivity index (χ1v) is 11.4. The van der Waals surface area contributed by atoms with Crippen LogP contribution in [0.25, 0.3) is 10.9 Å². The van der Waals surface area contributed by atoms with E-state index < -0.39 is 0 Å². The van der Waals surface area contributed by atoms with Gasteiger partial charge in [-0.15, -0.1) is 0 Å². The van der Waals surface area contributed by atoms with Crippen molar-refractivity contribution in [2.45, 2.75) is 33.4 Å². The van der Waals surface area contributed by atoms with Gasteiger partial charge in [-0.05, 0) is 43.2 Å². The fourth-order valence-electron chi connectivity index (χ4n) is 4.39. The molecule has 174 valence electrons. The van der Waals surface area contributed by atoms with Crippen molar-refractivity contribution in [1.82, 2.24) is 24.8 Å². The molecule has 4 rings (SSSR count). The molecule has 1 aromatic carbocycles. The van der Waals surface area contributed by atoms with E-state index in [-0.39, 0.29) is 17.2 Å². The Kier molecular flexibility index (Phi) is 6.60. The minimum absolute atomic E-state index is 0.175. The number of benzene rings is 1. The molecule has 1 saturated heterocycles. The Morgan fingerprint density at radius 2 is 1.85 bits per heavy atom. The summed E-state index contributed by atoms with van der Waals surface area (Å²) in [5.41, 5.74) is 3.48. The van der Waals surface area contributed by atoms with E-state index in [1.807, 2.05) is 18.2 Å². The number of amides is 1. The predicted molar refractivity (Wildman–Crippen MR) is 129 cm³/mol. The summed E-state index contributed by atoms with van der Waals surface area (Å²) in [6.07, 6.45) is 0.759. The third-order valence-corrected chi connectivity index (χ3v) is 6.23. The molecule has 0 unspecified atom stereocenters. The Balaban J connectivity index is 1.45. The van der Waals surface area contributed by atoms with Gasteiger partial charge in [0.25, 0.3) is 11.5 Å². The van der Waals surface area contributed by atoms with Gasteiger partial charge < -0.3 is 15.2 Å². The standard InChI is InChI=1S/C24H30N6O3/c1-4-18-21(9-8-19(26-18)22(31)25-3)29-12-10-28(11-13-29)15-16-6-7-17-20(14-16)27-24(33)30(5-2)23(17)32/h6-9,14H,4-5,10-13,15H2,1-3H3,(H,25,31)(H,27,33).